The lowest BCUT2D eigenvalue weighted by atomic mass is 9.84. The van der Waals surface area contributed by atoms with Crippen molar-refractivity contribution in [1.82, 2.24) is 4.57 Å². The molecular formula is C14H17NO2. The van der Waals surface area contributed by atoms with Crippen LogP contribution in [0, 0.1) is 0 Å². The number of hydrogen-bond acceptors (Lipinski definition) is 1. The Morgan fingerprint density at radius 3 is 2.35 bits per heavy atom. The van der Waals surface area contributed by atoms with E-state index in [2.05, 4.69) is 0 Å². The van der Waals surface area contributed by atoms with E-state index in [9.17, 15) is 9.90 Å². The minimum Gasteiger partial charge on any atom is -0.477 e. The van der Waals surface area contributed by atoms with Crippen molar-refractivity contribution in [2.75, 3.05) is 0 Å². The zero-order valence-electron chi connectivity index (χ0n) is 10.6. The van der Waals surface area contributed by atoms with E-state index in [-0.39, 0.29) is 5.41 Å². The Bertz CT molecular complexity index is 588. The quantitative estimate of drug-likeness (QED) is 0.819. The molecule has 0 radical (unpaired) electrons. The first-order valence-corrected chi connectivity index (χ1v) is 5.65. The van der Waals surface area contributed by atoms with E-state index >= 15 is 0 Å². The zero-order chi connectivity index (χ0) is 12.8. The molecule has 2 rings (SSSR count). The number of carboxylic acid groups (broad SMARTS) is 1. The number of benzene rings is 1. The predicted molar refractivity (Wildman–Crippen MR) is 68.6 cm³/mol. The van der Waals surface area contributed by atoms with Gasteiger partial charge in [-0.25, -0.2) is 4.79 Å². The summed E-state index contributed by atoms with van der Waals surface area (Å²) in [6.45, 7) is 6.13. The van der Waals surface area contributed by atoms with E-state index in [1.54, 1.807) is 11.6 Å². The Morgan fingerprint density at radius 2 is 1.82 bits per heavy atom. The summed E-state index contributed by atoms with van der Waals surface area (Å²) < 4.78 is 1.76. The van der Waals surface area contributed by atoms with Crippen LogP contribution in [0.25, 0.3) is 10.9 Å². The molecule has 0 saturated carbocycles. The summed E-state index contributed by atoms with van der Waals surface area (Å²) in [5.74, 6) is -0.867. The van der Waals surface area contributed by atoms with Gasteiger partial charge in [-0.3, -0.25) is 0 Å². The summed E-state index contributed by atoms with van der Waals surface area (Å²) in [6, 6.07) is 7.82. The number of rotatable bonds is 1. The third-order valence-electron chi connectivity index (χ3n) is 3.06. The summed E-state index contributed by atoms with van der Waals surface area (Å²) in [7, 11) is 1.81. The van der Waals surface area contributed by atoms with Crippen molar-refractivity contribution in [3.05, 3.63) is 35.5 Å². The lowest BCUT2D eigenvalue weighted by molar-refractivity contribution is 0.0684. The fourth-order valence-corrected chi connectivity index (χ4v) is 2.40. The average Bonchev–Trinajstić information content (AvgIpc) is 2.52. The fourth-order valence-electron chi connectivity index (χ4n) is 2.40. The number of fused-ring (bicyclic) bond motifs is 1. The van der Waals surface area contributed by atoms with Gasteiger partial charge in [-0.05, 0) is 17.0 Å². The second kappa shape index (κ2) is 3.62. The molecule has 0 aliphatic rings. The van der Waals surface area contributed by atoms with E-state index < -0.39 is 5.97 Å². The van der Waals surface area contributed by atoms with Crippen LogP contribution in [0.15, 0.2) is 24.3 Å². The number of aromatic nitrogens is 1. The Balaban J connectivity index is 2.96. The molecule has 17 heavy (non-hydrogen) atoms. The molecule has 3 heteroatoms. The van der Waals surface area contributed by atoms with E-state index in [1.165, 1.54) is 0 Å². The van der Waals surface area contributed by atoms with Gasteiger partial charge in [-0.2, -0.15) is 0 Å². The second-order valence-electron chi connectivity index (χ2n) is 5.35. The van der Waals surface area contributed by atoms with Crippen molar-refractivity contribution >= 4 is 16.9 Å². The van der Waals surface area contributed by atoms with Crippen molar-refractivity contribution in [3.63, 3.8) is 0 Å². The molecule has 0 bridgehead atoms. The molecule has 0 saturated heterocycles. The SMILES string of the molecule is Cn1c(C(=O)O)c(C(C)(C)C)c2ccccc21. The summed E-state index contributed by atoms with van der Waals surface area (Å²) in [6.07, 6.45) is 0. The molecule has 1 N–H and O–H groups in total. The molecule has 2 aromatic rings. The third-order valence-corrected chi connectivity index (χ3v) is 3.06. The maximum Gasteiger partial charge on any atom is 0.352 e. The molecule has 0 fully saturated rings. The maximum absolute atomic E-state index is 11.4. The van der Waals surface area contributed by atoms with Crippen LogP contribution >= 0.6 is 0 Å². The highest BCUT2D eigenvalue weighted by atomic mass is 16.4. The van der Waals surface area contributed by atoms with Crippen molar-refractivity contribution in [2.45, 2.75) is 26.2 Å². The molecule has 0 aliphatic heterocycles. The number of hydrogen-bond donors (Lipinski definition) is 1. The minimum atomic E-state index is -0.867. The Kier molecular flexibility index (Phi) is 2.49. The zero-order valence-corrected chi connectivity index (χ0v) is 10.6. The summed E-state index contributed by atoms with van der Waals surface area (Å²) in [4.78, 5) is 11.4. The number of nitrogens with zero attached hydrogens (tertiary/aromatic N) is 1. The van der Waals surface area contributed by atoms with Crippen LogP contribution in [0.1, 0.15) is 36.8 Å². The highest BCUT2D eigenvalue weighted by molar-refractivity contribution is 5.99. The number of aromatic carboxylic acids is 1. The van der Waals surface area contributed by atoms with Crippen LogP contribution in [0.2, 0.25) is 0 Å². The van der Waals surface area contributed by atoms with Crippen molar-refractivity contribution < 1.29 is 9.90 Å². The summed E-state index contributed by atoms with van der Waals surface area (Å²) in [5.41, 5.74) is 2.07. The first-order chi connectivity index (χ1) is 7.84. The van der Waals surface area contributed by atoms with Gasteiger partial charge < -0.3 is 9.67 Å². The molecule has 3 nitrogen and oxygen atoms in total. The van der Waals surface area contributed by atoms with E-state index in [0.29, 0.717) is 5.69 Å². The average molecular weight is 231 g/mol. The Labute approximate surface area is 101 Å². The molecule has 1 heterocycles. The minimum absolute atomic E-state index is 0.186. The molecule has 0 spiro atoms. The topological polar surface area (TPSA) is 42.2 Å². The largest absolute Gasteiger partial charge is 0.477 e. The third kappa shape index (κ3) is 1.71. The predicted octanol–water partition coefficient (Wildman–Crippen LogP) is 3.17. The Hall–Kier alpha value is -1.77. The maximum atomic E-state index is 11.4. The van der Waals surface area contributed by atoms with E-state index in [1.807, 2.05) is 45.0 Å². The van der Waals surface area contributed by atoms with Gasteiger partial charge in [0, 0.05) is 18.0 Å². The van der Waals surface area contributed by atoms with Gasteiger partial charge in [-0.15, -0.1) is 0 Å². The normalized spacial score (nSPS) is 12.0. The lowest BCUT2D eigenvalue weighted by Crippen LogP contribution is -2.17. The van der Waals surface area contributed by atoms with Gasteiger partial charge in [0.1, 0.15) is 5.69 Å². The van der Waals surface area contributed by atoms with Crippen molar-refractivity contribution in [2.24, 2.45) is 7.05 Å². The van der Waals surface area contributed by atoms with Gasteiger partial charge in [0.05, 0.1) is 0 Å². The van der Waals surface area contributed by atoms with Crippen LogP contribution in [0.3, 0.4) is 0 Å². The molecule has 1 aromatic carbocycles. The van der Waals surface area contributed by atoms with Crippen molar-refractivity contribution in [1.29, 1.82) is 0 Å². The molecule has 0 aliphatic carbocycles. The molecule has 0 unspecified atom stereocenters. The van der Waals surface area contributed by atoms with Crippen LogP contribution in [-0.2, 0) is 12.5 Å². The van der Waals surface area contributed by atoms with Gasteiger partial charge in [-0.1, -0.05) is 39.0 Å². The standard InChI is InChI=1S/C14H17NO2/c1-14(2,3)11-9-7-5-6-8-10(9)15(4)12(11)13(16)17/h5-8H,1-4H3,(H,16,17). The molecule has 0 amide bonds. The number of carbonyl (C=O) groups is 1. The van der Waals surface area contributed by atoms with Crippen LogP contribution in [0.4, 0.5) is 0 Å². The number of para-hydroxylation sites is 1. The van der Waals surface area contributed by atoms with Gasteiger partial charge >= 0.3 is 5.97 Å². The first-order valence-electron chi connectivity index (χ1n) is 5.65. The summed E-state index contributed by atoms with van der Waals surface area (Å²) in [5, 5.41) is 10.4. The van der Waals surface area contributed by atoms with Gasteiger partial charge in [0.15, 0.2) is 0 Å². The van der Waals surface area contributed by atoms with Crippen LogP contribution in [0.5, 0.6) is 0 Å². The van der Waals surface area contributed by atoms with Crippen LogP contribution in [-0.4, -0.2) is 15.6 Å². The second-order valence-corrected chi connectivity index (χ2v) is 5.35. The smallest absolute Gasteiger partial charge is 0.352 e. The fraction of sp³-hybridized carbons (Fsp3) is 0.357. The first kappa shape index (κ1) is 11.7. The molecular weight excluding hydrogens is 214 g/mol. The van der Waals surface area contributed by atoms with Crippen LogP contribution < -0.4 is 0 Å². The van der Waals surface area contributed by atoms with E-state index in [4.69, 9.17) is 0 Å². The monoisotopic (exact) mass is 231 g/mol. The van der Waals surface area contributed by atoms with Gasteiger partial charge in [0.2, 0.25) is 0 Å². The molecule has 90 valence electrons. The Morgan fingerprint density at radius 1 is 1.24 bits per heavy atom. The molecule has 1 aromatic heterocycles. The number of carboxylic acids is 1. The van der Waals surface area contributed by atoms with Crippen molar-refractivity contribution in [3.8, 4) is 0 Å². The van der Waals surface area contributed by atoms with Gasteiger partial charge in [0.25, 0.3) is 0 Å². The van der Waals surface area contributed by atoms with E-state index in [0.717, 1.165) is 16.5 Å². The highest BCUT2D eigenvalue weighted by Crippen LogP contribution is 2.34. The lowest BCUT2D eigenvalue weighted by Gasteiger charge is -2.19. The summed E-state index contributed by atoms with van der Waals surface area (Å²) >= 11 is 0. The molecule has 0 atom stereocenters. The number of aryl methyl sites for hydroxylation is 1. The highest BCUT2D eigenvalue weighted by Gasteiger charge is 2.28.